The number of carboxylic acids is 2. The first-order chi connectivity index (χ1) is 7.36. The number of aliphatic carboxylic acids is 2. The van der Waals surface area contributed by atoms with E-state index in [9.17, 15) is 4.79 Å². The molecule has 0 aliphatic carbocycles. The molecule has 0 radical (unpaired) electrons. The van der Waals surface area contributed by atoms with Crippen LogP contribution in [0.1, 0.15) is 6.42 Å². The Bertz CT molecular complexity index is 304. The summed E-state index contributed by atoms with van der Waals surface area (Å²) in [6, 6.07) is 0. The van der Waals surface area contributed by atoms with Gasteiger partial charge >= 0.3 is 18.0 Å². The first-order valence-electron chi connectivity index (χ1n) is 4.55. The molecule has 2 saturated heterocycles. The van der Waals surface area contributed by atoms with Gasteiger partial charge in [0.25, 0.3) is 0 Å². The van der Waals surface area contributed by atoms with Crippen LogP contribution in [0.2, 0.25) is 0 Å². The minimum atomic E-state index is -1.82. The van der Waals surface area contributed by atoms with Crippen molar-refractivity contribution in [3.05, 3.63) is 0 Å². The highest BCUT2D eigenvalue weighted by Gasteiger charge is 2.48. The summed E-state index contributed by atoms with van der Waals surface area (Å²) in [6.07, 6.45) is 0.343. The van der Waals surface area contributed by atoms with Gasteiger partial charge in [-0.3, -0.25) is 0 Å². The Balaban J connectivity index is 0.000000187. The average molecular weight is 232 g/mol. The summed E-state index contributed by atoms with van der Waals surface area (Å²) in [5.41, 5.74) is 0.193. The van der Waals surface area contributed by atoms with Gasteiger partial charge < -0.3 is 25.5 Å². The van der Waals surface area contributed by atoms with Crippen LogP contribution in [0.3, 0.4) is 0 Å². The Hall–Kier alpha value is -1.83. The molecule has 1 spiro atoms. The number of likely N-dealkylation sites (tertiary alicyclic amines) is 1. The van der Waals surface area contributed by atoms with E-state index in [4.69, 9.17) is 24.9 Å². The van der Waals surface area contributed by atoms with E-state index in [2.05, 4.69) is 5.32 Å². The van der Waals surface area contributed by atoms with E-state index in [-0.39, 0.29) is 5.54 Å². The van der Waals surface area contributed by atoms with Gasteiger partial charge in [-0.05, 0) is 13.0 Å². The standard InChI is InChI=1S/C6H10N2O2.C2H2O4/c9-5(10)8-3-6(4-8)1-2-7-6;3-1(4)2(5)6/h7H,1-4H2,(H,9,10);(H,3,4)(H,5,6). The van der Waals surface area contributed by atoms with Crippen molar-refractivity contribution in [1.29, 1.82) is 0 Å². The van der Waals surface area contributed by atoms with Crippen LogP contribution < -0.4 is 5.32 Å². The summed E-state index contributed by atoms with van der Waals surface area (Å²) < 4.78 is 0. The SMILES string of the molecule is O=C(O)C(=O)O.O=C(O)N1CC2(CCN2)C1. The Morgan fingerprint density at radius 2 is 1.50 bits per heavy atom. The van der Waals surface area contributed by atoms with E-state index in [1.165, 1.54) is 4.90 Å². The predicted octanol–water partition coefficient (Wildman–Crippen LogP) is -1.13. The van der Waals surface area contributed by atoms with Crippen molar-refractivity contribution >= 4 is 18.0 Å². The molecule has 2 rings (SSSR count). The molecule has 90 valence electrons. The highest BCUT2D eigenvalue weighted by atomic mass is 16.4. The van der Waals surface area contributed by atoms with Gasteiger partial charge in [0.1, 0.15) is 0 Å². The Morgan fingerprint density at radius 1 is 1.06 bits per heavy atom. The van der Waals surface area contributed by atoms with E-state index in [1.54, 1.807) is 0 Å². The van der Waals surface area contributed by atoms with E-state index in [0.717, 1.165) is 13.0 Å². The number of hydrogen-bond donors (Lipinski definition) is 4. The van der Waals surface area contributed by atoms with Gasteiger partial charge in [-0.2, -0.15) is 0 Å². The number of carboxylic acid groups (broad SMARTS) is 3. The second-order valence-electron chi connectivity index (χ2n) is 3.71. The van der Waals surface area contributed by atoms with Gasteiger partial charge in [0.05, 0.1) is 5.54 Å². The average Bonchev–Trinajstić information content (AvgIpc) is 1.98. The lowest BCUT2D eigenvalue weighted by atomic mass is 9.81. The fraction of sp³-hybridized carbons (Fsp3) is 0.625. The van der Waals surface area contributed by atoms with Crippen molar-refractivity contribution in [3.8, 4) is 0 Å². The van der Waals surface area contributed by atoms with Crippen molar-refractivity contribution in [2.75, 3.05) is 19.6 Å². The minimum Gasteiger partial charge on any atom is -0.473 e. The Morgan fingerprint density at radius 3 is 1.69 bits per heavy atom. The molecule has 2 fully saturated rings. The van der Waals surface area contributed by atoms with Gasteiger partial charge in [0, 0.05) is 13.1 Å². The first-order valence-corrected chi connectivity index (χ1v) is 4.55. The van der Waals surface area contributed by atoms with Crippen molar-refractivity contribution in [2.45, 2.75) is 12.0 Å². The number of carbonyl (C=O) groups is 3. The topological polar surface area (TPSA) is 127 Å². The predicted molar refractivity (Wildman–Crippen MR) is 50.2 cm³/mol. The molecule has 8 nitrogen and oxygen atoms in total. The molecular formula is C8H12N2O6. The van der Waals surface area contributed by atoms with Crippen LogP contribution in [0.25, 0.3) is 0 Å². The van der Waals surface area contributed by atoms with Crippen molar-refractivity contribution in [3.63, 3.8) is 0 Å². The van der Waals surface area contributed by atoms with E-state index < -0.39 is 18.0 Å². The molecule has 4 N–H and O–H groups in total. The maximum Gasteiger partial charge on any atom is 0.414 e. The number of rotatable bonds is 0. The molecule has 8 heteroatoms. The van der Waals surface area contributed by atoms with E-state index in [1.807, 2.05) is 0 Å². The highest BCUT2D eigenvalue weighted by molar-refractivity contribution is 6.27. The number of nitrogens with one attached hydrogen (secondary N) is 1. The van der Waals surface area contributed by atoms with E-state index >= 15 is 0 Å². The fourth-order valence-electron chi connectivity index (χ4n) is 1.57. The third-order valence-electron chi connectivity index (χ3n) is 2.54. The van der Waals surface area contributed by atoms with E-state index in [0.29, 0.717) is 13.1 Å². The number of hydrogen-bond acceptors (Lipinski definition) is 4. The Kier molecular flexibility index (Phi) is 3.33. The molecule has 2 aliphatic heterocycles. The van der Waals surface area contributed by atoms with Crippen LogP contribution in [0.4, 0.5) is 4.79 Å². The monoisotopic (exact) mass is 232 g/mol. The molecule has 2 aliphatic rings. The third kappa shape index (κ3) is 2.60. The largest absolute Gasteiger partial charge is 0.473 e. The summed E-state index contributed by atoms with van der Waals surface area (Å²) >= 11 is 0. The highest BCUT2D eigenvalue weighted by Crippen LogP contribution is 2.29. The second-order valence-corrected chi connectivity index (χ2v) is 3.71. The molecule has 0 aromatic carbocycles. The molecule has 0 unspecified atom stereocenters. The van der Waals surface area contributed by atoms with Crippen LogP contribution >= 0.6 is 0 Å². The maximum absolute atomic E-state index is 10.3. The quantitative estimate of drug-likeness (QED) is 0.389. The normalized spacial score (nSPS) is 19.9. The smallest absolute Gasteiger partial charge is 0.414 e. The van der Waals surface area contributed by atoms with Crippen molar-refractivity contribution in [2.24, 2.45) is 0 Å². The van der Waals surface area contributed by atoms with Crippen LogP contribution in [0.5, 0.6) is 0 Å². The number of nitrogens with zero attached hydrogens (tertiary/aromatic N) is 1. The van der Waals surface area contributed by atoms with Crippen molar-refractivity contribution < 1.29 is 29.7 Å². The van der Waals surface area contributed by atoms with Crippen LogP contribution in [0.15, 0.2) is 0 Å². The zero-order valence-corrected chi connectivity index (χ0v) is 8.34. The zero-order valence-electron chi connectivity index (χ0n) is 8.34. The molecule has 0 aromatic rings. The molecule has 2 heterocycles. The molecule has 0 saturated carbocycles. The lowest BCUT2D eigenvalue weighted by molar-refractivity contribution is -0.159. The molecular weight excluding hydrogens is 220 g/mol. The van der Waals surface area contributed by atoms with Crippen LogP contribution in [-0.2, 0) is 9.59 Å². The fourth-order valence-corrected chi connectivity index (χ4v) is 1.57. The maximum atomic E-state index is 10.3. The van der Waals surface area contributed by atoms with Crippen molar-refractivity contribution in [1.82, 2.24) is 10.2 Å². The van der Waals surface area contributed by atoms with Gasteiger partial charge in [0.2, 0.25) is 0 Å². The van der Waals surface area contributed by atoms with Crippen LogP contribution in [-0.4, -0.2) is 63.4 Å². The van der Waals surface area contributed by atoms with Gasteiger partial charge in [-0.1, -0.05) is 0 Å². The van der Waals surface area contributed by atoms with Gasteiger partial charge in [-0.15, -0.1) is 0 Å². The summed E-state index contributed by atoms with van der Waals surface area (Å²) in [7, 11) is 0. The van der Waals surface area contributed by atoms with Crippen LogP contribution in [0, 0.1) is 0 Å². The first kappa shape index (κ1) is 12.2. The lowest BCUT2D eigenvalue weighted by Crippen LogP contribution is -2.76. The summed E-state index contributed by atoms with van der Waals surface area (Å²) in [4.78, 5) is 29.9. The number of amides is 1. The van der Waals surface area contributed by atoms with Gasteiger partial charge in [-0.25, -0.2) is 14.4 Å². The summed E-state index contributed by atoms with van der Waals surface area (Å²) in [5.74, 6) is -3.65. The third-order valence-corrected chi connectivity index (χ3v) is 2.54. The second kappa shape index (κ2) is 4.35. The molecule has 0 atom stereocenters. The molecule has 16 heavy (non-hydrogen) atoms. The molecule has 1 amide bonds. The zero-order chi connectivity index (χ0) is 12.3. The molecule has 0 bridgehead atoms. The minimum absolute atomic E-state index is 0.193. The molecule has 0 aromatic heterocycles. The Labute approximate surface area is 90.5 Å². The van der Waals surface area contributed by atoms with Gasteiger partial charge in [0.15, 0.2) is 0 Å². The lowest BCUT2D eigenvalue weighted by Gasteiger charge is -2.55. The summed E-state index contributed by atoms with van der Waals surface area (Å²) in [5, 5.41) is 26.5. The summed E-state index contributed by atoms with van der Waals surface area (Å²) in [6.45, 7) is 2.41.